The maximum Gasteiger partial charge on any atom is 0.225 e. The molecule has 0 saturated carbocycles. The lowest BCUT2D eigenvalue weighted by Gasteiger charge is -2.22. The number of amides is 2. The minimum Gasteiger partial charge on any atom is -0.493 e. The minimum atomic E-state index is -0.313. The SMILES string of the molecule is COc1cccc([C@H]2CN(C(=O)C(C)C)C[C@@H]2C(=O)NCC(C)C)c1OC. The van der Waals surface area contributed by atoms with Crippen LogP contribution >= 0.6 is 0 Å². The van der Waals surface area contributed by atoms with Crippen molar-refractivity contribution in [2.24, 2.45) is 17.8 Å². The molecule has 1 aliphatic heterocycles. The standard InChI is InChI=1S/C21H32N2O4/c1-13(2)10-22-20(24)17-12-23(21(25)14(3)4)11-16(17)15-8-7-9-18(26-5)19(15)27-6/h7-9,13-14,16-17H,10-12H2,1-6H3,(H,22,24)/t16-,17+/m1/s1. The second-order valence-corrected chi connectivity index (χ2v) is 7.83. The normalized spacial score (nSPS) is 19.5. The fourth-order valence-corrected chi connectivity index (χ4v) is 3.57. The molecule has 2 rings (SSSR count). The molecule has 1 heterocycles. The number of hydrogen-bond donors (Lipinski definition) is 1. The van der Waals surface area contributed by atoms with Gasteiger partial charge in [0.05, 0.1) is 20.1 Å². The van der Waals surface area contributed by atoms with Gasteiger partial charge < -0.3 is 19.7 Å². The van der Waals surface area contributed by atoms with Gasteiger partial charge >= 0.3 is 0 Å². The van der Waals surface area contributed by atoms with Gasteiger partial charge in [-0.3, -0.25) is 9.59 Å². The lowest BCUT2D eigenvalue weighted by molar-refractivity contribution is -0.133. The first-order chi connectivity index (χ1) is 12.8. The molecule has 27 heavy (non-hydrogen) atoms. The molecule has 2 atom stereocenters. The highest BCUT2D eigenvalue weighted by atomic mass is 16.5. The second-order valence-electron chi connectivity index (χ2n) is 7.83. The number of hydrogen-bond acceptors (Lipinski definition) is 4. The molecule has 1 saturated heterocycles. The Morgan fingerprint density at radius 3 is 2.41 bits per heavy atom. The summed E-state index contributed by atoms with van der Waals surface area (Å²) in [6, 6.07) is 5.69. The summed E-state index contributed by atoms with van der Waals surface area (Å²) in [5.74, 6) is 1.13. The van der Waals surface area contributed by atoms with Crippen molar-refractivity contribution < 1.29 is 19.1 Å². The molecular formula is C21H32N2O4. The maximum absolute atomic E-state index is 12.9. The first kappa shape index (κ1) is 21.1. The fourth-order valence-electron chi connectivity index (χ4n) is 3.57. The van der Waals surface area contributed by atoms with Gasteiger partial charge in [-0.05, 0) is 12.0 Å². The van der Waals surface area contributed by atoms with Crippen molar-refractivity contribution in [1.29, 1.82) is 0 Å². The number of carbonyl (C=O) groups excluding carboxylic acids is 2. The van der Waals surface area contributed by atoms with Crippen LogP contribution in [0.5, 0.6) is 11.5 Å². The molecule has 0 radical (unpaired) electrons. The molecule has 0 spiro atoms. The van der Waals surface area contributed by atoms with E-state index in [4.69, 9.17) is 9.47 Å². The van der Waals surface area contributed by atoms with Crippen LogP contribution in [0.3, 0.4) is 0 Å². The second kappa shape index (κ2) is 9.11. The van der Waals surface area contributed by atoms with Crippen LogP contribution in [0.4, 0.5) is 0 Å². The van der Waals surface area contributed by atoms with E-state index in [1.165, 1.54) is 0 Å². The highest BCUT2D eigenvalue weighted by Crippen LogP contribution is 2.42. The van der Waals surface area contributed by atoms with E-state index in [0.717, 1.165) is 5.56 Å². The number of benzene rings is 1. The molecule has 1 N–H and O–H groups in total. The Morgan fingerprint density at radius 1 is 1.15 bits per heavy atom. The monoisotopic (exact) mass is 376 g/mol. The zero-order valence-electron chi connectivity index (χ0n) is 17.2. The van der Waals surface area contributed by atoms with E-state index in [0.29, 0.717) is 37.1 Å². The fraction of sp³-hybridized carbons (Fsp3) is 0.619. The summed E-state index contributed by atoms with van der Waals surface area (Å²) >= 11 is 0. The van der Waals surface area contributed by atoms with Gasteiger partial charge in [0, 0.05) is 37.0 Å². The molecule has 1 aromatic carbocycles. The highest BCUT2D eigenvalue weighted by Gasteiger charge is 2.42. The molecule has 150 valence electrons. The predicted molar refractivity (Wildman–Crippen MR) is 105 cm³/mol. The molecule has 0 aliphatic carbocycles. The van der Waals surface area contributed by atoms with Gasteiger partial charge in [-0.1, -0.05) is 39.8 Å². The average molecular weight is 376 g/mol. The lowest BCUT2D eigenvalue weighted by atomic mass is 9.87. The van der Waals surface area contributed by atoms with Gasteiger partial charge in [0.15, 0.2) is 11.5 Å². The van der Waals surface area contributed by atoms with Crippen LogP contribution in [0.15, 0.2) is 18.2 Å². The Morgan fingerprint density at radius 2 is 1.85 bits per heavy atom. The first-order valence-electron chi connectivity index (χ1n) is 9.57. The predicted octanol–water partition coefficient (Wildman–Crippen LogP) is 2.67. The summed E-state index contributed by atoms with van der Waals surface area (Å²) in [5, 5.41) is 3.03. The Labute approximate surface area is 162 Å². The van der Waals surface area contributed by atoms with Gasteiger partial charge in [0.2, 0.25) is 11.8 Å². The number of carbonyl (C=O) groups is 2. The molecule has 1 aliphatic rings. The Balaban J connectivity index is 2.37. The van der Waals surface area contributed by atoms with E-state index in [1.54, 1.807) is 19.1 Å². The number of nitrogens with zero attached hydrogens (tertiary/aromatic N) is 1. The van der Waals surface area contributed by atoms with Crippen molar-refractivity contribution >= 4 is 11.8 Å². The van der Waals surface area contributed by atoms with Crippen LogP contribution in [-0.4, -0.2) is 50.6 Å². The van der Waals surface area contributed by atoms with E-state index in [2.05, 4.69) is 19.2 Å². The molecular weight excluding hydrogens is 344 g/mol. The summed E-state index contributed by atoms with van der Waals surface area (Å²) in [6.45, 7) is 9.44. The van der Waals surface area contributed by atoms with Gasteiger partial charge in [-0.15, -0.1) is 0 Å². The third-order valence-electron chi connectivity index (χ3n) is 4.98. The van der Waals surface area contributed by atoms with Crippen LogP contribution < -0.4 is 14.8 Å². The largest absolute Gasteiger partial charge is 0.493 e. The van der Waals surface area contributed by atoms with Crippen molar-refractivity contribution in [2.45, 2.75) is 33.6 Å². The van der Waals surface area contributed by atoms with Crippen LogP contribution in [0, 0.1) is 17.8 Å². The number of para-hydroxylation sites is 1. The summed E-state index contributed by atoms with van der Waals surface area (Å²) in [5.41, 5.74) is 0.903. The Bertz CT molecular complexity index is 672. The quantitative estimate of drug-likeness (QED) is 0.794. The van der Waals surface area contributed by atoms with E-state index in [9.17, 15) is 9.59 Å². The first-order valence-corrected chi connectivity index (χ1v) is 9.57. The molecule has 1 aromatic rings. The minimum absolute atomic E-state index is 0.0161. The summed E-state index contributed by atoms with van der Waals surface area (Å²) < 4.78 is 11.0. The maximum atomic E-state index is 12.9. The zero-order chi connectivity index (χ0) is 20.1. The number of likely N-dealkylation sites (tertiary alicyclic amines) is 1. The third-order valence-corrected chi connectivity index (χ3v) is 4.98. The lowest BCUT2D eigenvalue weighted by Crippen LogP contribution is -2.37. The van der Waals surface area contributed by atoms with Crippen molar-refractivity contribution in [3.63, 3.8) is 0 Å². The van der Waals surface area contributed by atoms with Crippen LogP contribution in [0.25, 0.3) is 0 Å². The van der Waals surface area contributed by atoms with Crippen LogP contribution in [0.2, 0.25) is 0 Å². The number of rotatable bonds is 7. The van der Waals surface area contributed by atoms with Gasteiger partial charge in [-0.25, -0.2) is 0 Å². The van der Waals surface area contributed by atoms with Gasteiger partial charge in [0.1, 0.15) is 0 Å². The third kappa shape index (κ3) is 4.73. The summed E-state index contributed by atoms with van der Waals surface area (Å²) in [6.07, 6.45) is 0. The van der Waals surface area contributed by atoms with Gasteiger partial charge in [-0.2, -0.15) is 0 Å². The summed E-state index contributed by atoms with van der Waals surface area (Å²) in [4.78, 5) is 27.3. The number of methoxy groups -OCH3 is 2. The summed E-state index contributed by atoms with van der Waals surface area (Å²) in [7, 11) is 3.19. The number of ether oxygens (including phenoxy) is 2. The zero-order valence-corrected chi connectivity index (χ0v) is 17.2. The topological polar surface area (TPSA) is 67.9 Å². The molecule has 1 fully saturated rings. The van der Waals surface area contributed by atoms with E-state index < -0.39 is 0 Å². The van der Waals surface area contributed by atoms with Crippen molar-refractivity contribution in [3.8, 4) is 11.5 Å². The van der Waals surface area contributed by atoms with Crippen molar-refractivity contribution in [1.82, 2.24) is 10.2 Å². The highest BCUT2D eigenvalue weighted by molar-refractivity contribution is 5.84. The average Bonchev–Trinajstić information content (AvgIpc) is 3.09. The van der Waals surface area contributed by atoms with Crippen molar-refractivity contribution in [2.75, 3.05) is 33.9 Å². The van der Waals surface area contributed by atoms with Crippen LogP contribution in [-0.2, 0) is 9.59 Å². The Kier molecular flexibility index (Phi) is 7.11. The smallest absolute Gasteiger partial charge is 0.225 e. The molecule has 0 aromatic heterocycles. The van der Waals surface area contributed by atoms with E-state index in [-0.39, 0.29) is 29.6 Å². The Hall–Kier alpha value is -2.24. The van der Waals surface area contributed by atoms with Crippen LogP contribution in [0.1, 0.15) is 39.2 Å². The number of nitrogens with one attached hydrogen (secondary N) is 1. The molecule has 6 nitrogen and oxygen atoms in total. The van der Waals surface area contributed by atoms with E-state index >= 15 is 0 Å². The van der Waals surface area contributed by atoms with Crippen molar-refractivity contribution in [3.05, 3.63) is 23.8 Å². The molecule has 6 heteroatoms. The molecule has 0 unspecified atom stereocenters. The van der Waals surface area contributed by atoms with Gasteiger partial charge in [0.25, 0.3) is 0 Å². The molecule has 0 bridgehead atoms. The molecule has 2 amide bonds. The van der Waals surface area contributed by atoms with E-state index in [1.807, 2.05) is 32.0 Å².